The number of nitrogens with zero attached hydrogens (tertiary/aromatic N) is 4. The molecule has 0 bridgehead atoms. The number of benzene rings is 1. The molecule has 5 heterocycles. The molecule has 8 heteroatoms. The molecule has 2 aliphatic rings. The summed E-state index contributed by atoms with van der Waals surface area (Å²) >= 11 is 1.81. The van der Waals surface area contributed by atoms with Gasteiger partial charge in [-0.25, -0.2) is 14.4 Å². The topological polar surface area (TPSA) is 57.3 Å². The fourth-order valence-corrected chi connectivity index (χ4v) is 6.13. The number of H-pyrrole nitrogens is 1. The highest BCUT2D eigenvalue weighted by Gasteiger charge is 2.22. The number of halogens is 1. The number of thiophene rings is 1. The number of rotatable bonds is 5. The average molecular weight is 466 g/mol. The Morgan fingerprint density at radius 2 is 1.88 bits per heavy atom. The van der Waals surface area contributed by atoms with Crippen molar-refractivity contribution in [3.05, 3.63) is 40.9 Å². The summed E-state index contributed by atoms with van der Waals surface area (Å²) in [6, 6.07) is 8.00. The lowest BCUT2D eigenvalue weighted by Gasteiger charge is -2.28. The molecule has 1 aromatic carbocycles. The zero-order chi connectivity index (χ0) is 22.2. The van der Waals surface area contributed by atoms with Gasteiger partial charge < -0.3 is 14.6 Å². The van der Waals surface area contributed by atoms with E-state index in [2.05, 4.69) is 20.9 Å². The molecule has 4 aromatic rings. The van der Waals surface area contributed by atoms with Crippen LogP contribution in [0.5, 0.6) is 0 Å². The SMILES string of the molecule is FCc1cc(-c2nc(N3CCOCC3)c3sc(CN4CCCCC4)cc3n2)c2cc[nH]c2c1. The van der Waals surface area contributed by atoms with E-state index in [-0.39, 0.29) is 0 Å². The molecule has 2 saturated heterocycles. The number of hydrogen-bond donors (Lipinski definition) is 1. The molecule has 3 aromatic heterocycles. The maximum absolute atomic E-state index is 13.6. The summed E-state index contributed by atoms with van der Waals surface area (Å²) in [7, 11) is 0. The Bertz CT molecular complexity index is 1270. The summed E-state index contributed by atoms with van der Waals surface area (Å²) in [5.74, 6) is 1.63. The van der Waals surface area contributed by atoms with Crippen molar-refractivity contribution in [2.45, 2.75) is 32.5 Å². The predicted molar refractivity (Wildman–Crippen MR) is 132 cm³/mol. The van der Waals surface area contributed by atoms with Crippen molar-refractivity contribution < 1.29 is 9.13 Å². The third-order valence-electron chi connectivity index (χ3n) is 6.67. The molecule has 0 atom stereocenters. The monoisotopic (exact) mass is 465 g/mol. The van der Waals surface area contributed by atoms with Crippen LogP contribution in [-0.4, -0.2) is 59.2 Å². The largest absolute Gasteiger partial charge is 0.378 e. The van der Waals surface area contributed by atoms with Gasteiger partial charge in [0.1, 0.15) is 6.67 Å². The van der Waals surface area contributed by atoms with Gasteiger partial charge in [-0.05, 0) is 55.8 Å². The Kier molecular flexibility index (Phi) is 5.73. The predicted octanol–water partition coefficient (Wildman–Crippen LogP) is 5.13. The first-order valence-corrected chi connectivity index (χ1v) is 12.6. The van der Waals surface area contributed by atoms with E-state index in [0.29, 0.717) is 24.6 Å². The smallest absolute Gasteiger partial charge is 0.162 e. The molecule has 172 valence electrons. The van der Waals surface area contributed by atoms with Crippen molar-refractivity contribution in [3.8, 4) is 11.4 Å². The number of alkyl halides is 1. The first-order valence-electron chi connectivity index (χ1n) is 11.8. The summed E-state index contributed by atoms with van der Waals surface area (Å²) in [5.41, 5.74) is 3.40. The van der Waals surface area contributed by atoms with Crippen molar-refractivity contribution in [3.63, 3.8) is 0 Å². The molecule has 2 aliphatic heterocycles. The highest BCUT2D eigenvalue weighted by Crippen LogP contribution is 2.37. The standard InChI is InChI=1S/C25H28FN5OS/c26-15-17-12-20(19-4-5-27-21(19)13-17)24-28-22-14-18(16-30-6-2-1-3-7-30)33-23(22)25(29-24)31-8-10-32-11-9-31/h4-5,12-14,27H,1-3,6-11,15-16H2. The van der Waals surface area contributed by atoms with Crippen molar-refractivity contribution >= 4 is 38.3 Å². The maximum Gasteiger partial charge on any atom is 0.162 e. The molecule has 2 fully saturated rings. The normalized spacial score (nSPS) is 17.9. The van der Waals surface area contributed by atoms with Crippen LogP contribution in [0.25, 0.3) is 32.5 Å². The second-order valence-electron chi connectivity index (χ2n) is 8.95. The number of fused-ring (bicyclic) bond motifs is 2. The zero-order valence-electron chi connectivity index (χ0n) is 18.6. The van der Waals surface area contributed by atoms with E-state index in [9.17, 15) is 4.39 Å². The molecule has 0 unspecified atom stereocenters. The van der Waals surface area contributed by atoms with Gasteiger partial charge in [-0.1, -0.05) is 6.42 Å². The Hall–Kier alpha value is -2.55. The second kappa shape index (κ2) is 9.00. The number of morpholine rings is 1. The van der Waals surface area contributed by atoms with E-state index in [1.54, 1.807) is 0 Å². The van der Waals surface area contributed by atoms with Gasteiger partial charge >= 0.3 is 0 Å². The van der Waals surface area contributed by atoms with Crippen LogP contribution in [0.3, 0.4) is 0 Å². The first-order chi connectivity index (χ1) is 16.3. The molecule has 6 rings (SSSR count). The van der Waals surface area contributed by atoms with E-state index >= 15 is 0 Å². The van der Waals surface area contributed by atoms with Crippen LogP contribution < -0.4 is 4.90 Å². The second-order valence-corrected chi connectivity index (χ2v) is 10.1. The number of likely N-dealkylation sites (tertiary alicyclic amines) is 1. The summed E-state index contributed by atoms with van der Waals surface area (Å²) in [6.07, 6.45) is 5.79. The molecule has 33 heavy (non-hydrogen) atoms. The lowest BCUT2D eigenvalue weighted by Crippen LogP contribution is -2.36. The Morgan fingerprint density at radius 3 is 2.70 bits per heavy atom. The fraction of sp³-hybridized carbons (Fsp3) is 0.440. The van der Waals surface area contributed by atoms with Crippen molar-refractivity contribution in [1.82, 2.24) is 19.9 Å². The number of nitrogens with one attached hydrogen (secondary N) is 1. The number of piperidine rings is 1. The van der Waals surface area contributed by atoms with Crippen molar-refractivity contribution in [2.75, 3.05) is 44.3 Å². The van der Waals surface area contributed by atoms with Crippen molar-refractivity contribution in [2.24, 2.45) is 0 Å². The lowest BCUT2D eigenvalue weighted by atomic mass is 10.1. The molecule has 0 spiro atoms. The van der Waals surface area contributed by atoms with Crippen LogP contribution >= 0.6 is 11.3 Å². The zero-order valence-corrected chi connectivity index (χ0v) is 19.5. The molecule has 0 radical (unpaired) electrons. The van der Waals surface area contributed by atoms with Gasteiger partial charge in [0.25, 0.3) is 0 Å². The molecule has 1 N–H and O–H groups in total. The first kappa shape index (κ1) is 21.0. The number of aromatic amines is 1. The van der Waals surface area contributed by atoms with E-state index in [1.165, 1.54) is 37.2 Å². The number of aromatic nitrogens is 3. The van der Waals surface area contributed by atoms with Crippen LogP contribution in [0, 0.1) is 0 Å². The Balaban J connectivity index is 1.48. The van der Waals surface area contributed by atoms with E-state index < -0.39 is 6.67 Å². The summed E-state index contributed by atoms with van der Waals surface area (Å²) in [6.45, 7) is 5.83. The molecular formula is C25H28FN5OS. The van der Waals surface area contributed by atoms with E-state index in [0.717, 1.165) is 52.1 Å². The van der Waals surface area contributed by atoms with E-state index in [1.807, 2.05) is 35.7 Å². The molecule has 0 aliphatic carbocycles. The van der Waals surface area contributed by atoms with Crippen LogP contribution in [0.2, 0.25) is 0 Å². The van der Waals surface area contributed by atoms with E-state index in [4.69, 9.17) is 14.7 Å². The number of anilines is 1. The van der Waals surface area contributed by atoms with Gasteiger partial charge in [0, 0.05) is 47.2 Å². The minimum atomic E-state index is -0.515. The Morgan fingerprint density at radius 1 is 1.03 bits per heavy atom. The average Bonchev–Trinajstić information content (AvgIpc) is 3.50. The summed E-state index contributed by atoms with van der Waals surface area (Å²) < 4.78 is 20.4. The molecular weight excluding hydrogens is 437 g/mol. The van der Waals surface area contributed by atoms with Gasteiger partial charge in [-0.15, -0.1) is 11.3 Å². The third kappa shape index (κ3) is 4.11. The van der Waals surface area contributed by atoms with Crippen LogP contribution in [0.4, 0.5) is 10.2 Å². The minimum absolute atomic E-state index is 0.515. The summed E-state index contributed by atoms with van der Waals surface area (Å²) in [4.78, 5) is 19.5. The minimum Gasteiger partial charge on any atom is -0.378 e. The Labute approximate surface area is 196 Å². The highest BCUT2D eigenvalue weighted by molar-refractivity contribution is 7.19. The van der Waals surface area contributed by atoms with Crippen LogP contribution in [0.15, 0.2) is 30.5 Å². The quantitative estimate of drug-likeness (QED) is 0.443. The van der Waals surface area contributed by atoms with Crippen LogP contribution in [0.1, 0.15) is 29.7 Å². The van der Waals surface area contributed by atoms with Gasteiger partial charge in [-0.2, -0.15) is 0 Å². The number of ether oxygens (including phenoxy) is 1. The third-order valence-corrected chi connectivity index (χ3v) is 7.77. The molecule has 0 amide bonds. The van der Waals surface area contributed by atoms with Gasteiger partial charge in [0.2, 0.25) is 0 Å². The van der Waals surface area contributed by atoms with Gasteiger partial charge in [0.05, 0.1) is 23.4 Å². The highest BCUT2D eigenvalue weighted by atomic mass is 32.1. The lowest BCUT2D eigenvalue weighted by molar-refractivity contribution is 0.122. The van der Waals surface area contributed by atoms with Gasteiger partial charge in [-0.3, -0.25) is 4.90 Å². The number of hydrogen-bond acceptors (Lipinski definition) is 6. The summed E-state index contributed by atoms with van der Waals surface area (Å²) in [5, 5.41) is 1.02. The van der Waals surface area contributed by atoms with Crippen LogP contribution in [-0.2, 0) is 18.0 Å². The maximum atomic E-state index is 13.6. The molecule has 6 nitrogen and oxygen atoms in total. The fourth-order valence-electron chi connectivity index (χ4n) is 4.98. The van der Waals surface area contributed by atoms with Crippen molar-refractivity contribution in [1.29, 1.82) is 0 Å². The molecule has 0 saturated carbocycles. The van der Waals surface area contributed by atoms with Gasteiger partial charge in [0.15, 0.2) is 11.6 Å².